The maximum absolute atomic E-state index is 12.3. The first kappa shape index (κ1) is 12.9. The summed E-state index contributed by atoms with van der Waals surface area (Å²) in [5, 5.41) is 12.0. The largest absolute Gasteiger partial charge is 0.482 e. The van der Waals surface area contributed by atoms with Crippen molar-refractivity contribution in [3.05, 3.63) is 23.8 Å². The summed E-state index contributed by atoms with van der Waals surface area (Å²) < 4.78 is 5.25. The van der Waals surface area contributed by atoms with Crippen molar-refractivity contribution in [2.45, 2.75) is 25.0 Å². The Kier molecular flexibility index (Phi) is 3.10. The molecule has 20 heavy (non-hydrogen) atoms. The standard InChI is InChI=1S/C14H16N2O4/c1-16(9-5-10(17)6-9)14(19)8-2-3-12-11(4-8)15-13(18)7-20-12/h2-4,9-10,17H,5-7H2,1H3,(H,15,18). The Bertz CT molecular complexity index is 566. The Hall–Kier alpha value is -2.08. The van der Waals surface area contributed by atoms with E-state index in [1.165, 1.54) is 0 Å². The predicted molar refractivity (Wildman–Crippen MR) is 71.7 cm³/mol. The van der Waals surface area contributed by atoms with Crippen LogP contribution in [-0.2, 0) is 4.79 Å². The zero-order chi connectivity index (χ0) is 14.3. The number of rotatable bonds is 2. The molecule has 1 aromatic carbocycles. The van der Waals surface area contributed by atoms with Crippen molar-refractivity contribution in [1.82, 2.24) is 4.90 Å². The number of hydrogen-bond donors (Lipinski definition) is 2. The molecule has 1 aliphatic carbocycles. The van der Waals surface area contributed by atoms with Crippen LogP contribution >= 0.6 is 0 Å². The maximum atomic E-state index is 12.3. The van der Waals surface area contributed by atoms with Gasteiger partial charge in [-0.25, -0.2) is 0 Å². The van der Waals surface area contributed by atoms with Crippen molar-refractivity contribution in [3.8, 4) is 5.75 Å². The molecule has 0 saturated heterocycles. The van der Waals surface area contributed by atoms with E-state index in [1.807, 2.05) is 0 Å². The predicted octanol–water partition coefficient (Wildman–Crippen LogP) is 0.613. The lowest BCUT2D eigenvalue weighted by atomic mass is 9.88. The molecule has 2 N–H and O–H groups in total. The second-order valence-corrected chi connectivity index (χ2v) is 5.24. The molecule has 0 spiro atoms. The molecule has 2 amide bonds. The number of carbonyl (C=O) groups is 2. The third kappa shape index (κ3) is 2.22. The number of benzene rings is 1. The summed E-state index contributed by atoms with van der Waals surface area (Å²) in [6.45, 7) is 0.000157. The molecule has 106 valence electrons. The van der Waals surface area contributed by atoms with Gasteiger partial charge in [-0.05, 0) is 31.0 Å². The van der Waals surface area contributed by atoms with E-state index in [1.54, 1.807) is 30.1 Å². The van der Waals surface area contributed by atoms with Gasteiger partial charge in [0.1, 0.15) is 5.75 Å². The third-order valence-corrected chi connectivity index (χ3v) is 3.82. The minimum absolute atomic E-state index is 0.000157. The highest BCUT2D eigenvalue weighted by Crippen LogP contribution is 2.30. The van der Waals surface area contributed by atoms with Crippen LogP contribution in [0.1, 0.15) is 23.2 Å². The number of hydrogen-bond acceptors (Lipinski definition) is 4. The van der Waals surface area contributed by atoms with Crippen molar-refractivity contribution in [2.75, 3.05) is 19.0 Å². The molecule has 6 heteroatoms. The Morgan fingerprint density at radius 2 is 2.20 bits per heavy atom. The van der Waals surface area contributed by atoms with E-state index in [0.29, 0.717) is 29.8 Å². The maximum Gasteiger partial charge on any atom is 0.262 e. The number of amides is 2. The molecule has 3 rings (SSSR count). The van der Waals surface area contributed by atoms with Gasteiger partial charge in [-0.2, -0.15) is 0 Å². The van der Waals surface area contributed by atoms with Gasteiger partial charge in [-0.3, -0.25) is 9.59 Å². The van der Waals surface area contributed by atoms with E-state index in [4.69, 9.17) is 4.74 Å². The number of nitrogens with zero attached hydrogens (tertiary/aromatic N) is 1. The number of nitrogens with one attached hydrogen (secondary N) is 1. The molecule has 0 radical (unpaired) electrons. The van der Waals surface area contributed by atoms with Crippen molar-refractivity contribution < 1.29 is 19.4 Å². The molecule has 2 aliphatic rings. The van der Waals surface area contributed by atoms with Gasteiger partial charge < -0.3 is 20.1 Å². The Morgan fingerprint density at radius 3 is 2.90 bits per heavy atom. The van der Waals surface area contributed by atoms with Gasteiger partial charge >= 0.3 is 0 Å². The fourth-order valence-electron chi connectivity index (χ4n) is 2.46. The smallest absolute Gasteiger partial charge is 0.262 e. The van der Waals surface area contributed by atoms with E-state index < -0.39 is 0 Å². The minimum Gasteiger partial charge on any atom is -0.482 e. The van der Waals surface area contributed by atoms with Crippen LogP contribution < -0.4 is 10.1 Å². The summed E-state index contributed by atoms with van der Waals surface area (Å²) in [6.07, 6.45) is 0.937. The van der Waals surface area contributed by atoms with Crippen LogP contribution in [0.5, 0.6) is 5.75 Å². The Morgan fingerprint density at radius 1 is 1.45 bits per heavy atom. The fourth-order valence-corrected chi connectivity index (χ4v) is 2.46. The monoisotopic (exact) mass is 276 g/mol. The van der Waals surface area contributed by atoms with Crippen molar-refractivity contribution in [3.63, 3.8) is 0 Å². The lowest BCUT2D eigenvalue weighted by Crippen LogP contribution is -2.47. The van der Waals surface area contributed by atoms with E-state index in [9.17, 15) is 14.7 Å². The van der Waals surface area contributed by atoms with Gasteiger partial charge in [0.2, 0.25) is 0 Å². The first-order chi connectivity index (χ1) is 9.54. The van der Waals surface area contributed by atoms with Gasteiger partial charge in [0.15, 0.2) is 6.61 Å². The highest BCUT2D eigenvalue weighted by atomic mass is 16.5. The van der Waals surface area contributed by atoms with E-state index >= 15 is 0 Å². The summed E-state index contributed by atoms with van der Waals surface area (Å²) in [4.78, 5) is 25.3. The summed E-state index contributed by atoms with van der Waals surface area (Å²) in [7, 11) is 1.73. The summed E-state index contributed by atoms with van der Waals surface area (Å²) in [5.41, 5.74) is 1.02. The minimum atomic E-state index is -0.300. The van der Waals surface area contributed by atoms with Gasteiger partial charge in [-0.1, -0.05) is 0 Å². The molecule has 0 atom stereocenters. The highest BCUT2D eigenvalue weighted by molar-refractivity contribution is 5.99. The summed E-state index contributed by atoms with van der Waals surface area (Å²) >= 11 is 0. The molecule has 0 bridgehead atoms. The molecule has 1 saturated carbocycles. The molecule has 1 aromatic rings. The Labute approximate surface area is 116 Å². The van der Waals surface area contributed by atoms with Crippen molar-refractivity contribution in [1.29, 1.82) is 0 Å². The van der Waals surface area contributed by atoms with Gasteiger partial charge in [0.25, 0.3) is 11.8 Å². The summed E-state index contributed by atoms with van der Waals surface area (Å²) in [5.74, 6) is 0.227. The third-order valence-electron chi connectivity index (χ3n) is 3.82. The van der Waals surface area contributed by atoms with Crippen LogP contribution in [0.4, 0.5) is 5.69 Å². The molecule has 0 aromatic heterocycles. The van der Waals surface area contributed by atoms with Crippen LogP contribution in [0.25, 0.3) is 0 Å². The topological polar surface area (TPSA) is 78.9 Å². The second kappa shape index (κ2) is 4.79. The van der Waals surface area contributed by atoms with Crippen LogP contribution in [0.2, 0.25) is 0 Å². The Balaban J connectivity index is 1.78. The zero-order valence-electron chi connectivity index (χ0n) is 11.1. The number of aliphatic hydroxyl groups excluding tert-OH is 1. The second-order valence-electron chi connectivity index (χ2n) is 5.24. The van der Waals surface area contributed by atoms with Crippen LogP contribution in [-0.4, -0.2) is 47.6 Å². The van der Waals surface area contributed by atoms with E-state index in [-0.39, 0.29) is 30.6 Å². The molecule has 1 aliphatic heterocycles. The van der Waals surface area contributed by atoms with Crippen LogP contribution in [0.3, 0.4) is 0 Å². The first-order valence-corrected chi connectivity index (χ1v) is 6.56. The van der Waals surface area contributed by atoms with Crippen molar-refractivity contribution >= 4 is 17.5 Å². The van der Waals surface area contributed by atoms with Gasteiger partial charge in [-0.15, -0.1) is 0 Å². The summed E-state index contributed by atoms with van der Waals surface area (Å²) in [6, 6.07) is 5.08. The van der Waals surface area contributed by atoms with Crippen molar-refractivity contribution in [2.24, 2.45) is 0 Å². The molecular weight excluding hydrogens is 260 g/mol. The zero-order valence-corrected chi connectivity index (χ0v) is 11.1. The quantitative estimate of drug-likeness (QED) is 0.829. The SMILES string of the molecule is CN(C(=O)c1ccc2c(c1)NC(=O)CO2)C1CC(O)C1. The average Bonchev–Trinajstić information content (AvgIpc) is 2.41. The first-order valence-electron chi connectivity index (χ1n) is 6.56. The average molecular weight is 276 g/mol. The molecule has 0 unspecified atom stereocenters. The molecule has 1 heterocycles. The van der Waals surface area contributed by atoms with Gasteiger partial charge in [0, 0.05) is 18.7 Å². The molecule has 6 nitrogen and oxygen atoms in total. The lowest BCUT2D eigenvalue weighted by molar-refractivity contribution is -0.118. The van der Waals surface area contributed by atoms with E-state index in [2.05, 4.69) is 5.32 Å². The molecule has 1 fully saturated rings. The van der Waals surface area contributed by atoms with Crippen LogP contribution in [0, 0.1) is 0 Å². The number of fused-ring (bicyclic) bond motifs is 1. The number of carbonyl (C=O) groups excluding carboxylic acids is 2. The number of anilines is 1. The van der Waals surface area contributed by atoms with E-state index in [0.717, 1.165) is 0 Å². The normalized spacial score (nSPS) is 24.0. The number of ether oxygens (including phenoxy) is 1. The number of aliphatic hydroxyl groups is 1. The van der Waals surface area contributed by atoms with Gasteiger partial charge in [0.05, 0.1) is 11.8 Å². The van der Waals surface area contributed by atoms with Crippen LogP contribution in [0.15, 0.2) is 18.2 Å². The lowest BCUT2D eigenvalue weighted by Gasteiger charge is -2.38. The molecular formula is C14H16N2O4. The fraction of sp³-hybridized carbons (Fsp3) is 0.429. The highest BCUT2D eigenvalue weighted by Gasteiger charge is 2.33.